The topological polar surface area (TPSA) is 55.4 Å². The molecule has 4 rings (SSSR count). The van der Waals surface area contributed by atoms with Crippen LogP contribution in [0.25, 0.3) is 0 Å². The maximum absolute atomic E-state index is 6.95. The van der Waals surface area contributed by atoms with Crippen molar-refractivity contribution in [3.63, 3.8) is 0 Å². The van der Waals surface area contributed by atoms with Crippen LogP contribution in [0.1, 0.15) is 73.6 Å². The standard InChI is InChI=1S/C32H64O6Si4/c1-10-33-39(7,8)24-41(35-12-3,36-13-4)32-22-27-19-29(30(32)20-27)23-40(9,34-11-2)25-42(37-14-5,38-15-6)31-21-26-16-17-28(31)18-26/h16-17,26-32H,10-15,18-25H2,1-9H3. The van der Waals surface area contributed by atoms with Gasteiger partial charge in [-0.1, -0.05) is 12.2 Å². The van der Waals surface area contributed by atoms with Crippen LogP contribution < -0.4 is 0 Å². The Morgan fingerprint density at radius 2 is 1.14 bits per heavy atom. The van der Waals surface area contributed by atoms with Crippen LogP contribution in [-0.2, 0) is 26.6 Å². The van der Waals surface area contributed by atoms with E-state index in [2.05, 4.69) is 73.3 Å². The van der Waals surface area contributed by atoms with Gasteiger partial charge >= 0.3 is 17.1 Å². The van der Waals surface area contributed by atoms with Crippen LogP contribution >= 0.6 is 0 Å². The highest BCUT2D eigenvalue weighted by Gasteiger charge is 2.62. The number of allylic oxidation sites excluding steroid dienone is 2. The van der Waals surface area contributed by atoms with Crippen LogP contribution in [0.3, 0.4) is 0 Å². The van der Waals surface area contributed by atoms with Crippen molar-refractivity contribution < 1.29 is 26.6 Å². The summed E-state index contributed by atoms with van der Waals surface area (Å²) < 4.78 is 40.9. The van der Waals surface area contributed by atoms with Gasteiger partial charge in [0.2, 0.25) is 0 Å². The second-order valence-corrected chi connectivity index (χ2v) is 30.6. The molecule has 0 aromatic rings. The van der Waals surface area contributed by atoms with E-state index in [0.29, 0.717) is 28.8 Å². The summed E-state index contributed by atoms with van der Waals surface area (Å²) in [6, 6.07) is 1.22. The van der Waals surface area contributed by atoms with E-state index < -0.39 is 33.8 Å². The molecule has 0 radical (unpaired) electrons. The van der Waals surface area contributed by atoms with Crippen LogP contribution in [0.15, 0.2) is 12.2 Å². The van der Waals surface area contributed by atoms with Crippen LogP contribution in [-0.4, -0.2) is 73.4 Å². The van der Waals surface area contributed by atoms with E-state index in [1.165, 1.54) is 38.1 Å². The van der Waals surface area contributed by atoms with Gasteiger partial charge < -0.3 is 26.6 Å². The molecule has 10 heteroatoms. The summed E-state index contributed by atoms with van der Waals surface area (Å²) in [5.41, 5.74) is 3.23. The molecule has 8 unspecified atom stereocenters. The lowest BCUT2D eigenvalue weighted by Crippen LogP contribution is -2.57. The van der Waals surface area contributed by atoms with Crippen molar-refractivity contribution in [1.29, 1.82) is 0 Å². The minimum Gasteiger partial charge on any atom is -0.418 e. The Balaban J connectivity index is 1.60. The fourth-order valence-electron chi connectivity index (χ4n) is 10.1. The molecule has 6 nitrogen and oxygen atoms in total. The molecule has 0 heterocycles. The molecule has 3 saturated carbocycles. The second kappa shape index (κ2) is 14.9. The molecule has 0 N–H and O–H groups in total. The molecule has 3 fully saturated rings. The average Bonchev–Trinajstić information content (AvgIpc) is 3.71. The molecule has 0 saturated heterocycles. The van der Waals surface area contributed by atoms with Crippen molar-refractivity contribution in [2.24, 2.45) is 29.6 Å². The highest BCUT2D eigenvalue weighted by molar-refractivity contribution is 6.90. The van der Waals surface area contributed by atoms with Gasteiger partial charge in [-0.2, -0.15) is 0 Å². The Bertz CT molecular complexity index is 877. The molecule has 42 heavy (non-hydrogen) atoms. The van der Waals surface area contributed by atoms with Gasteiger partial charge in [0, 0.05) is 62.1 Å². The first-order valence-corrected chi connectivity index (χ1v) is 27.7. The van der Waals surface area contributed by atoms with E-state index in [-0.39, 0.29) is 0 Å². The highest BCUT2D eigenvalue weighted by Crippen LogP contribution is 2.62. The van der Waals surface area contributed by atoms with E-state index in [1.54, 1.807) is 0 Å². The lowest BCUT2D eigenvalue weighted by Gasteiger charge is -2.46. The zero-order valence-electron chi connectivity index (χ0n) is 28.5. The van der Waals surface area contributed by atoms with Gasteiger partial charge in [-0.3, -0.25) is 0 Å². The maximum atomic E-state index is 6.95. The van der Waals surface area contributed by atoms with Gasteiger partial charge in [0.25, 0.3) is 0 Å². The lowest BCUT2D eigenvalue weighted by atomic mass is 9.90. The molecule has 4 bridgehead atoms. The van der Waals surface area contributed by atoms with Gasteiger partial charge in [0.1, 0.15) is 0 Å². The van der Waals surface area contributed by atoms with Crippen molar-refractivity contribution in [3.8, 4) is 0 Å². The van der Waals surface area contributed by atoms with Gasteiger partial charge in [-0.25, -0.2) is 0 Å². The lowest BCUT2D eigenvalue weighted by molar-refractivity contribution is 0.154. The minimum atomic E-state index is -2.47. The average molecular weight is 657 g/mol. The van der Waals surface area contributed by atoms with Crippen molar-refractivity contribution in [2.45, 2.75) is 122 Å². The van der Waals surface area contributed by atoms with E-state index in [4.69, 9.17) is 26.6 Å². The number of rotatable bonds is 20. The smallest absolute Gasteiger partial charge is 0.341 e. The Kier molecular flexibility index (Phi) is 12.5. The van der Waals surface area contributed by atoms with E-state index >= 15 is 0 Å². The number of hydrogen-bond acceptors (Lipinski definition) is 6. The molecule has 0 amide bonds. The van der Waals surface area contributed by atoms with E-state index in [9.17, 15) is 0 Å². The molecule has 8 atom stereocenters. The normalized spacial score (nSPS) is 32.3. The zero-order chi connectivity index (χ0) is 30.6. The van der Waals surface area contributed by atoms with E-state index in [0.717, 1.165) is 62.8 Å². The second-order valence-electron chi connectivity index (χ2n) is 14.5. The molecular formula is C32H64O6Si4. The maximum Gasteiger partial charge on any atom is 0.341 e. The molecule has 4 aliphatic rings. The first kappa shape index (κ1) is 35.2. The third kappa shape index (κ3) is 7.66. The summed E-state index contributed by atoms with van der Waals surface area (Å²) in [6.07, 6.45) is 11.5. The minimum absolute atomic E-state index is 0.560. The third-order valence-corrected chi connectivity index (χ3v) is 31.4. The molecule has 0 aromatic heterocycles. The van der Waals surface area contributed by atoms with E-state index in [1.807, 2.05) is 0 Å². The van der Waals surface area contributed by atoms with Crippen molar-refractivity contribution in [2.75, 3.05) is 39.6 Å². The molecule has 4 aliphatic carbocycles. The molecule has 0 aromatic carbocycles. The van der Waals surface area contributed by atoms with Gasteiger partial charge in [-0.15, -0.1) is 0 Å². The monoisotopic (exact) mass is 656 g/mol. The zero-order valence-corrected chi connectivity index (χ0v) is 32.5. The Morgan fingerprint density at radius 3 is 1.62 bits per heavy atom. The van der Waals surface area contributed by atoms with Crippen LogP contribution in [0, 0.1) is 29.6 Å². The molecule has 244 valence electrons. The van der Waals surface area contributed by atoms with Crippen LogP contribution in [0.4, 0.5) is 0 Å². The van der Waals surface area contributed by atoms with Crippen LogP contribution in [0.2, 0.25) is 48.1 Å². The van der Waals surface area contributed by atoms with Crippen molar-refractivity contribution in [1.82, 2.24) is 0 Å². The SMILES string of the molecule is CCO[Si](C)(C)C[Si](OCC)(OCC)C1CC2CC(C[Si](C)(C[Si](OCC)(OCC)C3CC4C=CC3C4)OCC)C1C2. The first-order valence-electron chi connectivity index (χ1n) is 17.5. The Labute approximate surface area is 262 Å². The van der Waals surface area contributed by atoms with Crippen LogP contribution in [0.5, 0.6) is 0 Å². The fourth-order valence-corrected chi connectivity index (χ4v) is 33.6. The summed E-state index contributed by atoms with van der Waals surface area (Å²) >= 11 is 0. The largest absolute Gasteiger partial charge is 0.418 e. The van der Waals surface area contributed by atoms with Crippen molar-refractivity contribution >= 4 is 33.8 Å². The third-order valence-electron chi connectivity index (χ3n) is 10.9. The quantitative estimate of drug-likeness (QED) is 0.0970. The fraction of sp³-hybridized carbons (Fsp3) is 0.938. The van der Waals surface area contributed by atoms with Gasteiger partial charge in [0.15, 0.2) is 16.6 Å². The summed E-state index contributed by atoms with van der Waals surface area (Å²) in [5, 5.41) is 0. The first-order chi connectivity index (χ1) is 20.0. The molecule has 0 aliphatic heterocycles. The molecule has 0 spiro atoms. The summed E-state index contributed by atoms with van der Waals surface area (Å²) in [6.45, 7) is 24.8. The number of fused-ring (bicyclic) bond motifs is 4. The summed E-state index contributed by atoms with van der Waals surface area (Å²) in [4.78, 5) is 0. The Hall–Kier alpha value is 0.368. The molecular weight excluding hydrogens is 593 g/mol. The predicted octanol–water partition coefficient (Wildman–Crippen LogP) is 8.33. The summed E-state index contributed by atoms with van der Waals surface area (Å²) in [5.74, 6) is 3.52. The number of hydrogen-bond donors (Lipinski definition) is 0. The van der Waals surface area contributed by atoms with Crippen molar-refractivity contribution in [3.05, 3.63) is 12.2 Å². The Morgan fingerprint density at radius 1 is 0.571 bits per heavy atom. The highest BCUT2D eigenvalue weighted by atomic mass is 28.4. The van der Waals surface area contributed by atoms with Gasteiger partial charge in [0.05, 0.1) is 0 Å². The predicted molar refractivity (Wildman–Crippen MR) is 182 cm³/mol. The van der Waals surface area contributed by atoms with Gasteiger partial charge in [-0.05, 0) is 129 Å². The summed E-state index contributed by atoms with van der Waals surface area (Å²) in [7, 11) is -8.97.